The van der Waals surface area contributed by atoms with Gasteiger partial charge >= 0.3 is 5.69 Å². The van der Waals surface area contributed by atoms with Gasteiger partial charge < -0.3 is 10.6 Å². The van der Waals surface area contributed by atoms with Gasteiger partial charge in [-0.25, -0.2) is 4.79 Å². The number of hydrogen-bond acceptors (Lipinski definition) is 5. The third-order valence-electron chi connectivity index (χ3n) is 5.93. The largest absolute Gasteiger partial charge is 0.369 e. The lowest BCUT2D eigenvalue weighted by Crippen LogP contribution is -2.40. The number of benzene rings is 1. The predicted molar refractivity (Wildman–Crippen MR) is 115 cm³/mol. The molecule has 0 atom stereocenters. The molecule has 30 heavy (non-hydrogen) atoms. The Morgan fingerprint density at radius 1 is 1.17 bits per heavy atom. The molecule has 2 N–H and O–H groups in total. The average Bonchev–Trinajstić information content (AvgIpc) is 3.10. The van der Waals surface area contributed by atoms with Crippen LogP contribution < -0.4 is 21.9 Å². The van der Waals surface area contributed by atoms with Crippen molar-refractivity contribution in [2.75, 3.05) is 18.0 Å². The van der Waals surface area contributed by atoms with Gasteiger partial charge in [-0.3, -0.25) is 23.3 Å². The van der Waals surface area contributed by atoms with Crippen molar-refractivity contribution < 1.29 is 4.79 Å². The number of imidazole rings is 1. The molecule has 1 aromatic carbocycles. The predicted octanol–water partition coefficient (Wildman–Crippen LogP) is 0.492. The molecule has 1 fully saturated rings. The summed E-state index contributed by atoms with van der Waals surface area (Å²) in [5, 5.41) is 0. The SMILES string of the molecule is Cc1cccc(Cn2c(N3CCC(C(N)=O)CC3)nc3c2c(=O)n(C)c(=O)n3C)c1. The minimum atomic E-state index is -0.410. The number of aromatic nitrogens is 4. The van der Waals surface area contributed by atoms with E-state index in [0.717, 1.165) is 15.7 Å². The van der Waals surface area contributed by atoms with Crippen molar-refractivity contribution in [2.45, 2.75) is 26.3 Å². The first-order valence-electron chi connectivity index (χ1n) is 10.0. The van der Waals surface area contributed by atoms with E-state index in [1.807, 2.05) is 29.7 Å². The molecule has 3 aromatic rings. The number of fused-ring (bicyclic) bond motifs is 1. The molecular formula is C21H26N6O3. The zero-order valence-electron chi connectivity index (χ0n) is 17.5. The molecule has 0 saturated carbocycles. The van der Waals surface area contributed by atoms with Crippen molar-refractivity contribution in [1.29, 1.82) is 0 Å². The van der Waals surface area contributed by atoms with E-state index in [1.54, 1.807) is 7.05 Å². The van der Waals surface area contributed by atoms with Gasteiger partial charge in [0.2, 0.25) is 11.9 Å². The van der Waals surface area contributed by atoms with Crippen molar-refractivity contribution in [1.82, 2.24) is 18.7 Å². The minimum Gasteiger partial charge on any atom is -0.369 e. The molecule has 0 radical (unpaired) electrons. The number of rotatable bonds is 4. The monoisotopic (exact) mass is 410 g/mol. The van der Waals surface area contributed by atoms with Crippen LogP contribution in [0.5, 0.6) is 0 Å². The first kappa shape index (κ1) is 19.9. The van der Waals surface area contributed by atoms with Gasteiger partial charge in [-0.15, -0.1) is 0 Å². The molecule has 2 aromatic heterocycles. The van der Waals surface area contributed by atoms with E-state index in [9.17, 15) is 14.4 Å². The second-order valence-electron chi connectivity index (χ2n) is 8.03. The Balaban J connectivity index is 1.88. The number of nitrogens with two attached hydrogens (primary N) is 1. The second kappa shape index (κ2) is 7.47. The van der Waals surface area contributed by atoms with Crippen LogP contribution in [0.4, 0.5) is 5.95 Å². The Bertz CT molecular complexity index is 1240. The molecule has 0 bridgehead atoms. The Morgan fingerprint density at radius 2 is 1.87 bits per heavy atom. The van der Waals surface area contributed by atoms with Gasteiger partial charge in [-0.1, -0.05) is 29.8 Å². The van der Waals surface area contributed by atoms with Crippen LogP contribution >= 0.6 is 0 Å². The van der Waals surface area contributed by atoms with Crippen molar-refractivity contribution in [3.05, 3.63) is 56.2 Å². The fourth-order valence-electron chi connectivity index (χ4n) is 4.18. The lowest BCUT2D eigenvalue weighted by Gasteiger charge is -2.31. The summed E-state index contributed by atoms with van der Waals surface area (Å²) in [7, 11) is 3.10. The number of nitrogens with zero attached hydrogens (tertiary/aromatic N) is 5. The van der Waals surface area contributed by atoms with E-state index in [2.05, 4.69) is 11.0 Å². The first-order chi connectivity index (χ1) is 14.3. The number of carbonyl (C=O) groups is 1. The van der Waals surface area contributed by atoms with E-state index in [1.165, 1.54) is 11.6 Å². The summed E-state index contributed by atoms with van der Waals surface area (Å²) in [6, 6.07) is 8.08. The van der Waals surface area contributed by atoms with Gasteiger partial charge in [0.15, 0.2) is 11.2 Å². The zero-order chi connectivity index (χ0) is 21.6. The Morgan fingerprint density at radius 3 is 2.50 bits per heavy atom. The first-order valence-corrected chi connectivity index (χ1v) is 10.0. The van der Waals surface area contributed by atoms with Gasteiger partial charge in [-0.2, -0.15) is 4.98 Å². The third-order valence-corrected chi connectivity index (χ3v) is 5.93. The van der Waals surface area contributed by atoms with E-state index in [4.69, 9.17) is 10.7 Å². The lowest BCUT2D eigenvalue weighted by molar-refractivity contribution is -0.122. The van der Waals surface area contributed by atoms with Crippen LogP contribution in [0.15, 0.2) is 33.9 Å². The molecule has 9 nitrogen and oxygen atoms in total. The maximum Gasteiger partial charge on any atom is 0.332 e. The van der Waals surface area contributed by atoms with Gasteiger partial charge in [0, 0.05) is 33.1 Å². The summed E-state index contributed by atoms with van der Waals surface area (Å²) in [5.74, 6) is 0.208. The molecule has 158 valence electrons. The van der Waals surface area contributed by atoms with Crippen LogP contribution in [0.3, 0.4) is 0 Å². The highest BCUT2D eigenvalue weighted by molar-refractivity contribution is 5.77. The maximum atomic E-state index is 13.0. The number of anilines is 1. The van der Waals surface area contributed by atoms with E-state index >= 15 is 0 Å². The number of piperidine rings is 1. The normalized spacial score (nSPS) is 15.1. The summed E-state index contributed by atoms with van der Waals surface area (Å²) in [5.41, 5.74) is 7.62. The Hall–Kier alpha value is -3.36. The summed E-state index contributed by atoms with van der Waals surface area (Å²) < 4.78 is 4.40. The van der Waals surface area contributed by atoms with Gasteiger partial charge in [0.1, 0.15) is 0 Å². The molecule has 1 aliphatic heterocycles. The van der Waals surface area contributed by atoms with Crippen molar-refractivity contribution >= 4 is 23.0 Å². The van der Waals surface area contributed by atoms with Crippen molar-refractivity contribution in [3.63, 3.8) is 0 Å². The van der Waals surface area contributed by atoms with Gasteiger partial charge in [0.25, 0.3) is 5.56 Å². The second-order valence-corrected chi connectivity index (χ2v) is 8.03. The topological polar surface area (TPSA) is 108 Å². The summed E-state index contributed by atoms with van der Waals surface area (Å²) in [4.78, 5) is 43.8. The molecule has 0 unspecified atom stereocenters. The van der Waals surface area contributed by atoms with Gasteiger partial charge in [0.05, 0.1) is 6.54 Å². The summed E-state index contributed by atoms with van der Waals surface area (Å²) in [6.07, 6.45) is 1.28. The quantitative estimate of drug-likeness (QED) is 0.674. The maximum absolute atomic E-state index is 13.0. The average molecular weight is 410 g/mol. The molecule has 4 rings (SSSR count). The smallest absolute Gasteiger partial charge is 0.332 e. The third kappa shape index (κ3) is 3.30. The van der Waals surface area contributed by atoms with Crippen LogP contribution in [-0.2, 0) is 25.4 Å². The Kier molecular flexibility index (Phi) is 4.97. The van der Waals surface area contributed by atoms with Crippen LogP contribution in [-0.4, -0.2) is 37.7 Å². The number of hydrogen-bond donors (Lipinski definition) is 1. The van der Waals surface area contributed by atoms with Crippen molar-refractivity contribution in [2.24, 2.45) is 25.7 Å². The van der Waals surface area contributed by atoms with Crippen molar-refractivity contribution in [3.8, 4) is 0 Å². The summed E-state index contributed by atoms with van der Waals surface area (Å²) >= 11 is 0. The van der Waals surface area contributed by atoms with Crippen LogP contribution in [0, 0.1) is 12.8 Å². The minimum absolute atomic E-state index is 0.145. The molecule has 0 spiro atoms. The highest BCUT2D eigenvalue weighted by Crippen LogP contribution is 2.26. The van der Waals surface area contributed by atoms with Gasteiger partial charge in [-0.05, 0) is 25.3 Å². The summed E-state index contributed by atoms with van der Waals surface area (Å²) in [6.45, 7) is 3.70. The molecule has 1 amide bonds. The lowest BCUT2D eigenvalue weighted by atomic mass is 9.96. The van der Waals surface area contributed by atoms with E-state index in [-0.39, 0.29) is 17.4 Å². The van der Waals surface area contributed by atoms with E-state index in [0.29, 0.717) is 49.6 Å². The van der Waals surface area contributed by atoms with Crippen LogP contribution in [0.2, 0.25) is 0 Å². The molecule has 0 aliphatic carbocycles. The standard InChI is InChI=1S/C21H26N6O3/c1-13-5-4-6-14(11-13)12-27-16-18(24(2)21(30)25(3)19(16)29)23-20(27)26-9-7-15(8-10-26)17(22)28/h4-6,11,15H,7-10,12H2,1-3H3,(H2,22,28). The fourth-order valence-corrected chi connectivity index (χ4v) is 4.18. The van der Waals surface area contributed by atoms with E-state index < -0.39 is 5.69 Å². The van der Waals surface area contributed by atoms with Crippen LogP contribution in [0.1, 0.15) is 24.0 Å². The molecule has 9 heteroatoms. The molecule has 3 heterocycles. The molecule has 1 saturated heterocycles. The molecular weight excluding hydrogens is 384 g/mol. The highest BCUT2D eigenvalue weighted by atomic mass is 16.2. The number of aryl methyl sites for hydroxylation is 2. The van der Waals surface area contributed by atoms with Crippen LogP contribution in [0.25, 0.3) is 11.2 Å². The number of primary amides is 1. The highest BCUT2D eigenvalue weighted by Gasteiger charge is 2.28. The Labute approximate surface area is 173 Å². The molecule has 1 aliphatic rings. The number of carbonyl (C=O) groups excluding carboxylic acids is 1. The number of amides is 1. The fraction of sp³-hybridized carbons (Fsp3) is 0.429. The zero-order valence-corrected chi connectivity index (χ0v) is 17.5.